The summed E-state index contributed by atoms with van der Waals surface area (Å²) < 4.78 is 55.4. The number of hydrogen-bond donors (Lipinski definition) is 4. The van der Waals surface area contributed by atoms with E-state index in [1.54, 1.807) is 12.0 Å². The Bertz CT molecular complexity index is 2210. The summed E-state index contributed by atoms with van der Waals surface area (Å²) in [6.07, 6.45) is -0.504. The number of hydrogen-bond acceptors (Lipinski definition) is 9. The van der Waals surface area contributed by atoms with Gasteiger partial charge < -0.3 is 30.5 Å². The molecule has 1 saturated carbocycles. The number of methoxy groups -OCH3 is 2. The molecule has 4 aromatic rings. The second-order valence-corrected chi connectivity index (χ2v) is 15.8. The van der Waals surface area contributed by atoms with Crippen molar-refractivity contribution in [3.8, 4) is 34.1 Å². The number of pyridine rings is 2. The van der Waals surface area contributed by atoms with Crippen LogP contribution in [0.5, 0.6) is 11.8 Å². The first kappa shape index (κ1) is 38.9. The molecule has 4 N–H and O–H groups in total. The zero-order valence-electron chi connectivity index (χ0n) is 31.6. The van der Waals surface area contributed by atoms with Crippen molar-refractivity contribution in [2.24, 2.45) is 5.92 Å². The van der Waals surface area contributed by atoms with E-state index in [1.807, 2.05) is 48.5 Å². The molecule has 11 nitrogen and oxygen atoms in total. The summed E-state index contributed by atoms with van der Waals surface area (Å²) in [7, 11) is 2.92. The van der Waals surface area contributed by atoms with Crippen molar-refractivity contribution in [2.75, 3.05) is 32.6 Å². The molecular weight excluding hydrogens is 761 g/mol. The highest BCUT2D eigenvalue weighted by molar-refractivity contribution is 6.36. The molecule has 2 bridgehead atoms. The minimum atomic E-state index is -4.73. The van der Waals surface area contributed by atoms with E-state index in [2.05, 4.69) is 20.9 Å². The lowest BCUT2D eigenvalue weighted by atomic mass is 9.62. The van der Waals surface area contributed by atoms with Gasteiger partial charge in [-0.3, -0.25) is 14.5 Å². The van der Waals surface area contributed by atoms with E-state index in [0.717, 1.165) is 46.7 Å². The van der Waals surface area contributed by atoms with Crippen LogP contribution in [0.25, 0.3) is 22.4 Å². The normalized spacial score (nSPS) is 22.8. The Morgan fingerprint density at radius 1 is 0.982 bits per heavy atom. The Labute approximate surface area is 333 Å². The fraction of sp³-hybridized carbons (Fsp3) is 0.429. The number of carboxylic acid groups (broad SMARTS) is 1. The number of piperidine rings is 2. The molecule has 0 unspecified atom stereocenters. The molecule has 2 aliphatic carbocycles. The molecule has 0 radical (unpaired) electrons. The Morgan fingerprint density at radius 3 is 2.44 bits per heavy atom. The smallest absolute Gasteiger partial charge is 0.419 e. The van der Waals surface area contributed by atoms with Crippen LogP contribution < -0.4 is 25.4 Å². The topological polar surface area (TPSA) is 138 Å². The lowest BCUT2D eigenvalue weighted by Gasteiger charge is -2.56. The zero-order valence-corrected chi connectivity index (χ0v) is 32.4. The highest BCUT2D eigenvalue weighted by Gasteiger charge is 2.57. The first-order valence-corrected chi connectivity index (χ1v) is 19.6. The molecule has 1 amide bonds. The Hall–Kier alpha value is -4.92. The first-order chi connectivity index (χ1) is 27.4. The maximum Gasteiger partial charge on any atom is 0.419 e. The molecule has 300 valence electrons. The first-order valence-electron chi connectivity index (χ1n) is 19.2. The molecule has 15 heteroatoms. The van der Waals surface area contributed by atoms with Crippen LogP contribution >= 0.6 is 11.6 Å². The summed E-state index contributed by atoms with van der Waals surface area (Å²) in [4.78, 5) is 34.7. The number of benzene rings is 2. The maximum atomic E-state index is 14.7. The Kier molecular flexibility index (Phi) is 10.5. The van der Waals surface area contributed by atoms with Crippen molar-refractivity contribution in [1.82, 2.24) is 25.5 Å². The van der Waals surface area contributed by atoms with Gasteiger partial charge in [-0.25, -0.2) is 4.98 Å². The third kappa shape index (κ3) is 7.38. The minimum Gasteiger partial charge on any atom is -0.481 e. The molecular formula is C42H44ClF3N6O5. The van der Waals surface area contributed by atoms with Gasteiger partial charge in [-0.05, 0) is 79.8 Å². The quantitative estimate of drug-likeness (QED) is 0.108. The van der Waals surface area contributed by atoms with Crippen LogP contribution in [0, 0.1) is 5.92 Å². The second-order valence-electron chi connectivity index (χ2n) is 15.4. The average Bonchev–Trinajstić information content (AvgIpc) is 3.80. The second kappa shape index (κ2) is 15.4. The van der Waals surface area contributed by atoms with E-state index in [4.69, 9.17) is 26.1 Å². The van der Waals surface area contributed by atoms with Gasteiger partial charge in [-0.2, -0.15) is 18.2 Å². The summed E-state index contributed by atoms with van der Waals surface area (Å²) >= 11 is 7.15. The van der Waals surface area contributed by atoms with E-state index in [1.165, 1.54) is 7.11 Å². The van der Waals surface area contributed by atoms with Crippen LogP contribution in [0.1, 0.15) is 72.4 Å². The van der Waals surface area contributed by atoms with Crippen molar-refractivity contribution in [3.05, 3.63) is 87.4 Å². The summed E-state index contributed by atoms with van der Waals surface area (Å²) in [6.45, 7) is 1.61. The maximum absolute atomic E-state index is 14.7. The molecule has 5 aliphatic rings. The van der Waals surface area contributed by atoms with Crippen molar-refractivity contribution in [3.63, 3.8) is 0 Å². The van der Waals surface area contributed by atoms with Gasteiger partial charge in [-0.15, -0.1) is 0 Å². The Balaban J connectivity index is 1.04. The highest BCUT2D eigenvalue weighted by atomic mass is 35.5. The number of anilines is 1. The molecule has 3 aliphatic heterocycles. The summed E-state index contributed by atoms with van der Waals surface area (Å²) in [5.41, 5.74) is 3.83. The number of carbonyl (C=O) groups is 2. The van der Waals surface area contributed by atoms with Crippen LogP contribution in [0.4, 0.5) is 19.0 Å². The van der Waals surface area contributed by atoms with Gasteiger partial charge in [0.15, 0.2) is 0 Å². The van der Waals surface area contributed by atoms with Gasteiger partial charge in [0.05, 0.1) is 36.5 Å². The van der Waals surface area contributed by atoms with Crippen LogP contribution in [-0.2, 0) is 35.3 Å². The Morgan fingerprint density at radius 2 is 1.72 bits per heavy atom. The van der Waals surface area contributed by atoms with Crippen molar-refractivity contribution < 1.29 is 37.3 Å². The van der Waals surface area contributed by atoms with Crippen LogP contribution in [0.2, 0.25) is 5.02 Å². The number of fused-ring (bicyclic) bond motifs is 3. The van der Waals surface area contributed by atoms with E-state index in [9.17, 15) is 27.9 Å². The number of carboxylic acids is 1. The van der Waals surface area contributed by atoms with Gasteiger partial charge in [0.1, 0.15) is 11.4 Å². The summed E-state index contributed by atoms with van der Waals surface area (Å²) in [5.74, 6) is -0.413. The van der Waals surface area contributed by atoms with Crippen molar-refractivity contribution in [1.29, 1.82) is 0 Å². The van der Waals surface area contributed by atoms with Crippen molar-refractivity contribution >= 4 is 29.3 Å². The van der Waals surface area contributed by atoms with E-state index in [-0.39, 0.29) is 35.8 Å². The van der Waals surface area contributed by atoms with Gasteiger partial charge in [0, 0.05) is 54.4 Å². The number of aliphatic carboxylic acids is 1. The molecule has 2 aromatic carbocycles. The predicted molar refractivity (Wildman–Crippen MR) is 208 cm³/mol. The van der Waals surface area contributed by atoms with Gasteiger partial charge in [-0.1, -0.05) is 54.1 Å². The standard InChI is InChI=1S/C42H44ClF3N6O5/c1-56-38-24(20-47-21-26-10-14-35(53)48-26)9-12-34(50-38)31-8-4-7-30(36(31)43)27-5-3-6-29-28(27)11-13-33(29)49-37-32(42(44,45)46)17-25(39(51-37)57-2)22-52-16-15-23-18-41(52,19-23)40(54)55/h3-9,12,17,23,26,33,47H,10-11,13-16,18-22H2,1-2H3,(H,48,53)(H,49,51)(H,54,55)/t23?,26-,33-,41?/m0/s1. The summed E-state index contributed by atoms with van der Waals surface area (Å²) in [5, 5.41) is 19.9. The van der Waals surface area contributed by atoms with E-state index >= 15 is 0 Å². The SMILES string of the molecule is COc1nc(-c2cccc(-c3cccc4c3CC[C@@H]4Nc3nc(OC)c(CN4CCC5CC4(C(=O)O)C5)cc3C(F)(F)F)c2Cl)ccc1CNC[C@@H]1CCC(=O)N1. The third-order valence-corrected chi connectivity index (χ3v) is 12.5. The number of rotatable bonds is 13. The summed E-state index contributed by atoms with van der Waals surface area (Å²) in [6, 6.07) is 16.0. The molecule has 9 rings (SSSR count). The van der Waals surface area contributed by atoms with Crippen LogP contribution in [0.15, 0.2) is 54.6 Å². The van der Waals surface area contributed by atoms with Gasteiger partial charge >= 0.3 is 12.1 Å². The number of alkyl halides is 3. The van der Waals surface area contributed by atoms with E-state index in [0.29, 0.717) is 79.8 Å². The average molecular weight is 805 g/mol. The molecule has 2 atom stereocenters. The number of nitrogens with zero attached hydrogens (tertiary/aromatic N) is 3. The number of halogens is 4. The van der Waals surface area contributed by atoms with Gasteiger partial charge in [0.25, 0.3) is 0 Å². The minimum absolute atomic E-state index is 0.0139. The molecule has 2 aromatic heterocycles. The fourth-order valence-electron chi connectivity index (χ4n) is 9.11. The molecule has 3 saturated heterocycles. The number of ether oxygens (including phenoxy) is 2. The third-order valence-electron chi connectivity index (χ3n) is 12.1. The molecule has 4 fully saturated rings. The van der Waals surface area contributed by atoms with Crippen LogP contribution in [-0.4, -0.2) is 70.7 Å². The van der Waals surface area contributed by atoms with E-state index < -0.39 is 29.3 Å². The highest BCUT2D eigenvalue weighted by Crippen LogP contribution is 2.50. The molecule has 57 heavy (non-hydrogen) atoms. The lowest BCUT2D eigenvalue weighted by molar-refractivity contribution is -0.172. The lowest BCUT2D eigenvalue weighted by Crippen LogP contribution is -2.66. The monoisotopic (exact) mass is 804 g/mol. The largest absolute Gasteiger partial charge is 0.481 e. The predicted octanol–water partition coefficient (Wildman–Crippen LogP) is 7.41. The van der Waals surface area contributed by atoms with Gasteiger partial charge in [0.2, 0.25) is 17.7 Å². The number of aromatic nitrogens is 2. The molecule has 0 spiro atoms. The molecule has 5 heterocycles. The number of carbonyl (C=O) groups excluding carboxylic acids is 1. The zero-order chi connectivity index (χ0) is 40.1. The number of amides is 1. The van der Waals surface area contributed by atoms with Crippen molar-refractivity contribution in [2.45, 2.75) is 81.8 Å². The fourth-order valence-corrected chi connectivity index (χ4v) is 9.44. The number of nitrogens with one attached hydrogen (secondary N) is 3. The van der Waals surface area contributed by atoms with Crippen LogP contribution in [0.3, 0.4) is 0 Å².